The van der Waals surface area contributed by atoms with Crippen LogP contribution in [0.25, 0.3) is 10.6 Å². The number of aromatic nitrogens is 3. The van der Waals surface area contributed by atoms with E-state index in [9.17, 15) is 4.79 Å². The third-order valence-electron chi connectivity index (χ3n) is 3.97. The fraction of sp³-hybridized carbons (Fsp3) is 0.0476. The van der Waals surface area contributed by atoms with E-state index in [0.717, 1.165) is 10.6 Å². The molecule has 4 aromatic rings. The largest absolute Gasteiger partial charge is 0.424 e. The number of nitrogens with one attached hydrogen (secondary N) is 1. The molecule has 0 bridgehead atoms. The van der Waals surface area contributed by atoms with E-state index in [-0.39, 0.29) is 11.9 Å². The van der Waals surface area contributed by atoms with Crippen LogP contribution in [-0.2, 0) is 0 Å². The van der Waals surface area contributed by atoms with E-state index < -0.39 is 0 Å². The summed E-state index contributed by atoms with van der Waals surface area (Å²) in [6.07, 6.45) is 3.22. The van der Waals surface area contributed by atoms with E-state index in [1.807, 2.05) is 30.5 Å². The molecule has 7 heteroatoms. The molecule has 0 saturated heterocycles. The summed E-state index contributed by atoms with van der Waals surface area (Å²) in [5, 5.41) is 4.89. The maximum Gasteiger partial charge on any atom is 0.321 e. The number of anilines is 1. The highest BCUT2D eigenvalue weighted by Gasteiger charge is 2.12. The minimum atomic E-state index is -0.206. The first-order valence-electron chi connectivity index (χ1n) is 8.57. The van der Waals surface area contributed by atoms with Crippen LogP contribution in [0.5, 0.6) is 11.8 Å². The van der Waals surface area contributed by atoms with Crippen LogP contribution in [0.4, 0.5) is 5.69 Å². The Morgan fingerprint density at radius 1 is 1.00 bits per heavy atom. The second kappa shape index (κ2) is 7.98. The molecule has 0 unspecified atom stereocenters. The third-order valence-corrected chi connectivity index (χ3v) is 4.86. The van der Waals surface area contributed by atoms with Gasteiger partial charge in [-0.1, -0.05) is 6.07 Å². The summed E-state index contributed by atoms with van der Waals surface area (Å²) >= 11 is 1.62. The van der Waals surface area contributed by atoms with Gasteiger partial charge in [0, 0.05) is 18.1 Å². The number of pyridine rings is 1. The molecule has 3 aromatic heterocycles. The highest BCUT2D eigenvalue weighted by Crippen LogP contribution is 2.24. The highest BCUT2D eigenvalue weighted by atomic mass is 32.1. The predicted octanol–water partition coefficient (Wildman–Crippen LogP) is 4.95. The Balaban J connectivity index is 1.45. The monoisotopic (exact) mass is 388 g/mol. The molecule has 0 fully saturated rings. The number of amides is 1. The molecule has 138 valence electrons. The van der Waals surface area contributed by atoms with Crippen molar-refractivity contribution in [2.45, 2.75) is 6.92 Å². The van der Waals surface area contributed by atoms with Gasteiger partial charge in [0.15, 0.2) is 0 Å². The van der Waals surface area contributed by atoms with Gasteiger partial charge in [0.1, 0.15) is 5.75 Å². The fourth-order valence-electron chi connectivity index (χ4n) is 2.61. The number of carbonyl (C=O) groups is 1. The molecule has 6 nitrogen and oxygen atoms in total. The summed E-state index contributed by atoms with van der Waals surface area (Å²) in [5.74, 6) is 0.380. The van der Waals surface area contributed by atoms with Crippen molar-refractivity contribution >= 4 is 22.9 Å². The van der Waals surface area contributed by atoms with E-state index in [1.54, 1.807) is 60.1 Å². The molecular formula is C21H16N4O2S. The van der Waals surface area contributed by atoms with Gasteiger partial charge in [-0.25, -0.2) is 9.97 Å². The lowest BCUT2D eigenvalue weighted by molar-refractivity contribution is 0.102. The topological polar surface area (TPSA) is 77.0 Å². The minimum absolute atomic E-state index is 0.206. The van der Waals surface area contributed by atoms with Gasteiger partial charge in [-0.15, -0.1) is 11.3 Å². The minimum Gasteiger partial charge on any atom is -0.424 e. The summed E-state index contributed by atoms with van der Waals surface area (Å²) in [6, 6.07) is 16.7. The summed E-state index contributed by atoms with van der Waals surface area (Å²) in [6.45, 7) is 1.84. The van der Waals surface area contributed by atoms with Crippen molar-refractivity contribution in [3.63, 3.8) is 0 Å². The first kappa shape index (κ1) is 17.8. The normalized spacial score (nSPS) is 10.5. The van der Waals surface area contributed by atoms with Gasteiger partial charge >= 0.3 is 6.01 Å². The van der Waals surface area contributed by atoms with E-state index in [1.165, 1.54) is 0 Å². The van der Waals surface area contributed by atoms with Crippen LogP contribution >= 0.6 is 11.3 Å². The summed E-state index contributed by atoms with van der Waals surface area (Å²) in [4.78, 5) is 26.3. The van der Waals surface area contributed by atoms with Crippen LogP contribution in [0.1, 0.15) is 16.1 Å². The SMILES string of the molecule is Cc1nc(-c2cccs2)ccc1C(=O)Nc1ccc(Oc2ncccn2)cc1. The standard InChI is InChI=1S/C21H16N4O2S/c1-14-17(9-10-18(24-14)19-4-2-13-28-19)20(26)25-15-5-7-16(8-6-15)27-21-22-11-3-12-23-21/h2-13H,1H3,(H,25,26). The molecule has 0 atom stereocenters. The van der Waals surface area contributed by atoms with Crippen molar-refractivity contribution in [3.8, 4) is 22.3 Å². The molecule has 1 N–H and O–H groups in total. The lowest BCUT2D eigenvalue weighted by Crippen LogP contribution is -2.14. The zero-order chi connectivity index (χ0) is 19.3. The number of nitrogens with zero attached hydrogens (tertiary/aromatic N) is 3. The number of ether oxygens (including phenoxy) is 1. The number of thiophene rings is 1. The first-order valence-corrected chi connectivity index (χ1v) is 9.45. The number of rotatable bonds is 5. The maximum absolute atomic E-state index is 12.6. The average molecular weight is 388 g/mol. The molecule has 0 spiro atoms. The fourth-order valence-corrected chi connectivity index (χ4v) is 3.31. The maximum atomic E-state index is 12.6. The zero-order valence-corrected chi connectivity index (χ0v) is 15.8. The van der Waals surface area contributed by atoms with Crippen molar-refractivity contribution in [1.29, 1.82) is 0 Å². The van der Waals surface area contributed by atoms with Crippen molar-refractivity contribution in [2.75, 3.05) is 5.32 Å². The number of aryl methyl sites for hydroxylation is 1. The molecule has 0 aliphatic rings. The Morgan fingerprint density at radius 3 is 2.46 bits per heavy atom. The molecule has 1 aromatic carbocycles. The highest BCUT2D eigenvalue weighted by molar-refractivity contribution is 7.13. The summed E-state index contributed by atoms with van der Waals surface area (Å²) in [5.41, 5.74) is 2.75. The van der Waals surface area contributed by atoms with Gasteiger partial charge in [0.2, 0.25) is 0 Å². The number of carbonyl (C=O) groups excluding carboxylic acids is 1. The van der Waals surface area contributed by atoms with E-state index in [4.69, 9.17) is 4.74 Å². The first-order chi connectivity index (χ1) is 13.7. The Bertz CT molecular complexity index is 1080. The predicted molar refractivity (Wildman–Crippen MR) is 109 cm³/mol. The summed E-state index contributed by atoms with van der Waals surface area (Å²) < 4.78 is 5.55. The van der Waals surface area contributed by atoms with Crippen LogP contribution in [0.2, 0.25) is 0 Å². The van der Waals surface area contributed by atoms with E-state index >= 15 is 0 Å². The molecule has 4 rings (SSSR count). The Labute approximate surface area is 165 Å². The lowest BCUT2D eigenvalue weighted by Gasteiger charge is -2.09. The molecule has 0 aliphatic carbocycles. The van der Waals surface area contributed by atoms with Gasteiger partial charge in [0.05, 0.1) is 21.8 Å². The smallest absolute Gasteiger partial charge is 0.321 e. The van der Waals surface area contributed by atoms with Crippen LogP contribution in [0.15, 0.2) is 72.4 Å². The Kier molecular flexibility index (Phi) is 5.07. The lowest BCUT2D eigenvalue weighted by atomic mass is 10.1. The van der Waals surface area contributed by atoms with Crippen LogP contribution < -0.4 is 10.1 Å². The van der Waals surface area contributed by atoms with Gasteiger partial charge < -0.3 is 10.1 Å². The van der Waals surface area contributed by atoms with E-state index in [2.05, 4.69) is 20.3 Å². The molecule has 0 aliphatic heterocycles. The summed E-state index contributed by atoms with van der Waals surface area (Å²) in [7, 11) is 0. The van der Waals surface area contributed by atoms with Crippen LogP contribution in [0, 0.1) is 6.92 Å². The molecule has 1 amide bonds. The zero-order valence-electron chi connectivity index (χ0n) is 15.0. The number of hydrogen-bond acceptors (Lipinski definition) is 6. The quantitative estimate of drug-likeness (QED) is 0.523. The molecule has 0 radical (unpaired) electrons. The van der Waals surface area contributed by atoms with Gasteiger partial charge in [0.25, 0.3) is 5.91 Å². The van der Waals surface area contributed by atoms with E-state index in [0.29, 0.717) is 22.7 Å². The number of hydrogen-bond donors (Lipinski definition) is 1. The molecular weight excluding hydrogens is 372 g/mol. The molecule has 3 heterocycles. The number of benzene rings is 1. The second-order valence-electron chi connectivity index (χ2n) is 5.92. The van der Waals surface area contributed by atoms with Gasteiger partial charge in [-0.3, -0.25) is 9.78 Å². The van der Waals surface area contributed by atoms with Crippen molar-refractivity contribution in [1.82, 2.24) is 15.0 Å². The van der Waals surface area contributed by atoms with Gasteiger partial charge in [-0.05, 0) is 60.8 Å². The van der Waals surface area contributed by atoms with Crippen LogP contribution in [0.3, 0.4) is 0 Å². The van der Waals surface area contributed by atoms with Crippen molar-refractivity contribution in [3.05, 3.63) is 83.6 Å². The van der Waals surface area contributed by atoms with Gasteiger partial charge in [-0.2, -0.15) is 0 Å². The third kappa shape index (κ3) is 4.05. The van der Waals surface area contributed by atoms with Crippen molar-refractivity contribution in [2.24, 2.45) is 0 Å². The molecule has 0 saturated carbocycles. The Morgan fingerprint density at radius 2 is 1.79 bits per heavy atom. The second-order valence-corrected chi connectivity index (χ2v) is 6.87. The average Bonchev–Trinajstić information content (AvgIpc) is 3.25. The molecule has 28 heavy (non-hydrogen) atoms. The van der Waals surface area contributed by atoms with Crippen LogP contribution in [-0.4, -0.2) is 20.9 Å². The Hall–Kier alpha value is -3.58. The van der Waals surface area contributed by atoms with Crippen molar-refractivity contribution < 1.29 is 9.53 Å².